The van der Waals surface area contributed by atoms with Gasteiger partial charge in [-0.25, -0.2) is 14.4 Å². The number of anilines is 1. The Hall–Kier alpha value is -3.32. The highest BCUT2D eigenvalue weighted by molar-refractivity contribution is 5.93. The number of carbonyl (C=O) groups excluding carboxylic acids is 1. The highest BCUT2D eigenvalue weighted by Crippen LogP contribution is 2.31. The van der Waals surface area contributed by atoms with E-state index in [1.165, 1.54) is 6.92 Å². The quantitative estimate of drug-likeness (QED) is 0.393. The van der Waals surface area contributed by atoms with Gasteiger partial charge in [-0.3, -0.25) is 9.69 Å². The van der Waals surface area contributed by atoms with Gasteiger partial charge in [-0.15, -0.1) is 0 Å². The highest BCUT2D eigenvalue weighted by atomic mass is 19.1. The van der Waals surface area contributed by atoms with E-state index in [1.807, 2.05) is 37.3 Å². The molecule has 172 valence electrons. The lowest BCUT2D eigenvalue weighted by molar-refractivity contribution is -0.141. The monoisotopic (exact) mass is 448 g/mol. The summed E-state index contributed by atoms with van der Waals surface area (Å²) in [5.41, 5.74) is 3.87. The third kappa shape index (κ3) is 5.37. The second-order valence-electron chi connectivity index (χ2n) is 8.29. The molecule has 0 N–H and O–H groups in total. The summed E-state index contributed by atoms with van der Waals surface area (Å²) in [7, 11) is 0. The van der Waals surface area contributed by atoms with Crippen LogP contribution in [0.2, 0.25) is 0 Å². The number of rotatable bonds is 7. The van der Waals surface area contributed by atoms with Crippen LogP contribution in [0.15, 0.2) is 43.0 Å². The molecule has 6 nitrogen and oxygen atoms in total. The van der Waals surface area contributed by atoms with Gasteiger partial charge < -0.3 is 9.64 Å². The molecule has 2 heterocycles. The van der Waals surface area contributed by atoms with Crippen molar-refractivity contribution in [2.45, 2.75) is 20.3 Å². The zero-order valence-electron chi connectivity index (χ0n) is 19.2. The van der Waals surface area contributed by atoms with Crippen LogP contribution in [0.3, 0.4) is 0 Å². The van der Waals surface area contributed by atoms with Crippen molar-refractivity contribution in [3.05, 3.63) is 60.2 Å². The number of carbonyl (C=O) groups is 1. The maximum atomic E-state index is 15.2. The van der Waals surface area contributed by atoms with Crippen molar-refractivity contribution in [3.8, 4) is 11.3 Å². The topological polar surface area (TPSA) is 58.6 Å². The standard InChI is InChI=1S/C26H29FN4O2/c1-4-20-6-8-24-22(16-20)26(29-18(2)28-24)21-7-9-25(23(27)17-21)31-13-11-30(12-14-31)10-5-15-33-19(3)32/h4,6-9,16-17H,1,5,10-15H2,2-3H3. The highest BCUT2D eigenvalue weighted by Gasteiger charge is 2.20. The molecule has 0 unspecified atom stereocenters. The summed E-state index contributed by atoms with van der Waals surface area (Å²) in [6.45, 7) is 11.6. The molecule has 1 aliphatic rings. The number of piperazine rings is 1. The van der Waals surface area contributed by atoms with Gasteiger partial charge in [0, 0.05) is 50.6 Å². The molecule has 4 rings (SSSR count). The Morgan fingerprint density at radius 3 is 2.64 bits per heavy atom. The number of benzene rings is 2. The Bertz CT molecular complexity index is 1170. The average Bonchev–Trinajstić information content (AvgIpc) is 2.81. The number of esters is 1. The fourth-order valence-electron chi connectivity index (χ4n) is 4.24. The van der Waals surface area contributed by atoms with E-state index in [1.54, 1.807) is 12.1 Å². The summed E-state index contributed by atoms with van der Waals surface area (Å²) >= 11 is 0. The Labute approximate surface area is 193 Å². The second kappa shape index (κ2) is 10.1. The lowest BCUT2D eigenvalue weighted by atomic mass is 10.0. The molecule has 1 saturated heterocycles. The first-order chi connectivity index (χ1) is 15.9. The second-order valence-corrected chi connectivity index (χ2v) is 8.29. The average molecular weight is 449 g/mol. The van der Waals surface area contributed by atoms with Gasteiger partial charge in [0.25, 0.3) is 0 Å². The van der Waals surface area contributed by atoms with Crippen molar-refractivity contribution in [3.63, 3.8) is 0 Å². The fourth-order valence-corrected chi connectivity index (χ4v) is 4.24. The number of hydrogen-bond acceptors (Lipinski definition) is 6. The maximum absolute atomic E-state index is 15.2. The van der Waals surface area contributed by atoms with Gasteiger partial charge in [-0.2, -0.15) is 0 Å². The number of hydrogen-bond donors (Lipinski definition) is 0. The number of aromatic nitrogens is 2. The van der Waals surface area contributed by atoms with Gasteiger partial charge in [0.2, 0.25) is 0 Å². The minimum atomic E-state index is -0.250. The summed E-state index contributed by atoms with van der Waals surface area (Å²) < 4.78 is 20.2. The van der Waals surface area contributed by atoms with Gasteiger partial charge in [-0.1, -0.05) is 24.8 Å². The van der Waals surface area contributed by atoms with Crippen molar-refractivity contribution in [2.24, 2.45) is 0 Å². The molecule has 7 heteroatoms. The largest absolute Gasteiger partial charge is 0.466 e. The van der Waals surface area contributed by atoms with Crippen molar-refractivity contribution in [2.75, 3.05) is 44.2 Å². The molecule has 1 aliphatic heterocycles. The molecule has 2 aromatic carbocycles. The van der Waals surface area contributed by atoms with Gasteiger partial charge >= 0.3 is 5.97 Å². The number of aryl methyl sites for hydroxylation is 1. The molecule has 0 spiro atoms. The van der Waals surface area contributed by atoms with E-state index in [-0.39, 0.29) is 11.8 Å². The van der Waals surface area contributed by atoms with Gasteiger partial charge in [-0.05, 0) is 43.2 Å². The van der Waals surface area contributed by atoms with Crippen LogP contribution in [0.25, 0.3) is 28.2 Å². The molecule has 0 bridgehead atoms. The minimum Gasteiger partial charge on any atom is -0.466 e. The van der Waals surface area contributed by atoms with E-state index in [2.05, 4.69) is 26.3 Å². The normalized spacial score (nSPS) is 14.5. The molecular weight excluding hydrogens is 419 g/mol. The van der Waals surface area contributed by atoms with Crippen LogP contribution in [-0.4, -0.2) is 60.2 Å². The van der Waals surface area contributed by atoms with Crippen LogP contribution in [-0.2, 0) is 9.53 Å². The molecule has 0 amide bonds. The first-order valence-electron chi connectivity index (χ1n) is 11.3. The molecule has 1 aromatic heterocycles. The van der Waals surface area contributed by atoms with Gasteiger partial charge in [0.1, 0.15) is 11.6 Å². The van der Waals surface area contributed by atoms with E-state index in [9.17, 15) is 4.79 Å². The molecule has 0 saturated carbocycles. The Kier molecular flexibility index (Phi) is 6.99. The minimum absolute atomic E-state index is 0.245. The van der Waals surface area contributed by atoms with Gasteiger partial charge in [0.15, 0.2) is 0 Å². The predicted octanol–water partition coefficient (Wildman–Crippen LogP) is 4.46. The maximum Gasteiger partial charge on any atom is 0.302 e. The fraction of sp³-hybridized carbons (Fsp3) is 0.346. The van der Waals surface area contributed by atoms with Crippen molar-refractivity contribution >= 4 is 28.6 Å². The summed E-state index contributed by atoms with van der Waals surface area (Å²) in [5, 5.41) is 0.882. The van der Waals surface area contributed by atoms with Crippen LogP contribution in [0.1, 0.15) is 24.7 Å². The Morgan fingerprint density at radius 1 is 1.15 bits per heavy atom. The Morgan fingerprint density at radius 2 is 1.94 bits per heavy atom. The van der Waals surface area contributed by atoms with E-state index >= 15 is 4.39 Å². The van der Waals surface area contributed by atoms with Crippen molar-refractivity contribution < 1.29 is 13.9 Å². The van der Waals surface area contributed by atoms with Crippen molar-refractivity contribution in [1.82, 2.24) is 14.9 Å². The lowest BCUT2D eigenvalue weighted by Gasteiger charge is -2.36. The van der Waals surface area contributed by atoms with Crippen LogP contribution < -0.4 is 4.90 Å². The van der Waals surface area contributed by atoms with Gasteiger partial charge in [0.05, 0.1) is 23.5 Å². The molecular formula is C26H29FN4O2. The van der Waals surface area contributed by atoms with Crippen molar-refractivity contribution in [1.29, 1.82) is 0 Å². The summed E-state index contributed by atoms with van der Waals surface area (Å²) in [5.74, 6) is 0.156. The smallest absolute Gasteiger partial charge is 0.302 e. The summed E-state index contributed by atoms with van der Waals surface area (Å²) in [6, 6.07) is 11.3. The lowest BCUT2D eigenvalue weighted by Crippen LogP contribution is -2.47. The first-order valence-corrected chi connectivity index (χ1v) is 11.3. The van der Waals surface area contributed by atoms with Crippen LogP contribution in [0.5, 0.6) is 0 Å². The zero-order valence-corrected chi connectivity index (χ0v) is 19.2. The van der Waals surface area contributed by atoms with E-state index in [0.717, 1.165) is 66.9 Å². The number of fused-ring (bicyclic) bond motifs is 1. The van der Waals surface area contributed by atoms with E-state index in [0.29, 0.717) is 18.1 Å². The first kappa shape index (κ1) is 22.9. The van der Waals surface area contributed by atoms with E-state index < -0.39 is 0 Å². The summed E-state index contributed by atoms with van der Waals surface area (Å²) in [4.78, 5) is 24.4. The molecule has 1 fully saturated rings. The Balaban J connectivity index is 1.48. The number of ether oxygens (including phenoxy) is 1. The number of halogens is 1. The zero-order chi connectivity index (χ0) is 23.4. The molecule has 0 atom stereocenters. The van der Waals surface area contributed by atoms with Crippen LogP contribution in [0.4, 0.5) is 10.1 Å². The third-order valence-electron chi connectivity index (χ3n) is 5.93. The summed E-state index contributed by atoms with van der Waals surface area (Å²) in [6.07, 6.45) is 2.59. The molecule has 33 heavy (non-hydrogen) atoms. The number of nitrogens with zero attached hydrogens (tertiary/aromatic N) is 4. The van der Waals surface area contributed by atoms with Crippen LogP contribution >= 0.6 is 0 Å². The third-order valence-corrected chi connectivity index (χ3v) is 5.93. The SMILES string of the molecule is C=Cc1ccc2nc(C)nc(-c3ccc(N4CCN(CCCOC(C)=O)CC4)c(F)c3)c2c1. The molecule has 3 aromatic rings. The predicted molar refractivity (Wildman–Crippen MR) is 130 cm³/mol. The van der Waals surface area contributed by atoms with Crippen LogP contribution in [0, 0.1) is 12.7 Å². The molecule has 0 aliphatic carbocycles. The van der Waals surface area contributed by atoms with E-state index in [4.69, 9.17) is 4.74 Å². The molecule has 0 radical (unpaired) electrons.